The van der Waals surface area contributed by atoms with Crippen molar-refractivity contribution in [1.29, 1.82) is 0 Å². The minimum absolute atomic E-state index is 0.0000117. The highest BCUT2D eigenvalue weighted by molar-refractivity contribution is 6.17. The fourth-order valence-electron chi connectivity index (χ4n) is 5.95. The number of nitrogens with zero attached hydrogens (tertiary/aromatic N) is 1. The van der Waals surface area contributed by atoms with Crippen molar-refractivity contribution in [3.8, 4) is 11.5 Å². The van der Waals surface area contributed by atoms with E-state index in [0.29, 0.717) is 29.8 Å². The van der Waals surface area contributed by atoms with Crippen LogP contribution in [0.25, 0.3) is 0 Å². The number of nitrogens with one attached hydrogen (secondary N) is 3. The third-order valence-electron chi connectivity index (χ3n) is 8.91. The van der Waals surface area contributed by atoms with Gasteiger partial charge in [0.05, 0.1) is 0 Å². The topological polar surface area (TPSA) is 232 Å². The van der Waals surface area contributed by atoms with Gasteiger partial charge in [0.15, 0.2) is 0 Å². The van der Waals surface area contributed by atoms with Crippen LogP contribution in [0.2, 0.25) is 0 Å². The average molecular weight is 732 g/mol. The van der Waals surface area contributed by atoms with E-state index in [0.717, 1.165) is 32.1 Å². The molecule has 6 unspecified atom stereocenters. The molecule has 1 heterocycles. The van der Waals surface area contributed by atoms with E-state index in [9.17, 15) is 44.4 Å². The molecule has 2 aromatic rings. The van der Waals surface area contributed by atoms with Gasteiger partial charge >= 0.3 is 5.97 Å². The smallest absolute Gasteiger partial charge is 0.326 e. The number of aromatic hydroxyl groups is 2. The summed E-state index contributed by atoms with van der Waals surface area (Å²) >= 11 is 5.69. The van der Waals surface area contributed by atoms with Gasteiger partial charge in [-0.1, -0.05) is 49.9 Å². The number of phenolic OH excluding ortho intramolecular Hbond substituents is 2. The van der Waals surface area contributed by atoms with Crippen LogP contribution >= 0.6 is 11.6 Å². The molecule has 1 fully saturated rings. The number of halogens is 1. The summed E-state index contributed by atoms with van der Waals surface area (Å²) < 4.78 is 0. The van der Waals surface area contributed by atoms with E-state index in [1.807, 2.05) is 0 Å². The summed E-state index contributed by atoms with van der Waals surface area (Å²) in [5.74, 6) is -3.48. The molecule has 0 spiro atoms. The number of amides is 4. The molecule has 9 N–H and O–H groups in total. The summed E-state index contributed by atoms with van der Waals surface area (Å²) in [7, 11) is 0. The van der Waals surface area contributed by atoms with Crippen molar-refractivity contribution in [2.24, 2.45) is 5.73 Å². The number of carboxylic acid groups (broad SMARTS) is 1. The van der Waals surface area contributed by atoms with Crippen LogP contribution in [0.1, 0.15) is 69.4 Å². The Kier molecular flexibility index (Phi) is 16.4. The second kappa shape index (κ2) is 20.4. The van der Waals surface area contributed by atoms with Gasteiger partial charge in [-0.25, -0.2) is 4.79 Å². The molecule has 15 heteroatoms. The van der Waals surface area contributed by atoms with Crippen molar-refractivity contribution in [3.63, 3.8) is 0 Å². The average Bonchev–Trinajstić information content (AvgIpc) is 3.60. The predicted octanol–water partition coefficient (Wildman–Crippen LogP) is 1.70. The van der Waals surface area contributed by atoms with E-state index in [2.05, 4.69) is 16.0 Å². The number of benzene rings is 2. The minimum Gasteiger partial charge on any atom is -0.508 e. The molecule has 1 aliphatic rings. The minimum atomic E-state index is -1.52. The Hall–Kier alpha value is -4.40. The maximum Gasteiger partial charge on any atom is 0.326 e. The lowest BCUT2D eigenvalue weighted by molar-refractivity contribution is -0.143. The highest BCUT2D eigenvalue weighted by Crippen LogP contribution is 2.20. The molecule has 0 saturated carbocycles. The molecule has 1 saturated heterocycles. The molecular formula is C36H50ClN5O9. The van der Waals surface area contributed by atoms with Crippen molar-refractivity contribution in [1.82, 2.24) is 20.9 Å². The number of carboxylic acids is 1. The summed E-state index contributed by atoms with van der Waals surface area (Å²) in [4.78, 5) is 66.9. The van der Waals surface area contributed by atoms with Crippen LogP contribution in [-0.4, -0.2) is 104 Å². The molecule has 280 valence electrons. The SMILES string of the molecule is CC(NC(=O)C(O)C(N)CCCCCCCCl)C(=O)N1CCCC1C(=O)NC(Cc1ccc(O)cc1)C(=O)NC(Cc1ccc(O)cc1)C(=O)O. The second-order valence-electron chi connectivity index (χ2n) is 13.0. The fourth-order valence-corrected chi connectivity index (χ4v) is 6.14. The summed E-state index contributed by atoms with van der Waals surface area (Å²) in [6.07, 6.45) is 4.03. The number of alkyl halides is 1. The van der Waals surface area contributed by atoms with Crippen molar-refractivity contribution < 1.29 is 44.4 Å². The van der Waals surface area contributed by atoms with Crippen molar-refractivity contribution in [2.45, 2.75) is 107 Å². The van der Waals surface area contributed by atoms with Crippen LogP contribution in [0.4, 0.5) is 0 Å². The predicted molar refractivity (Wildman–Crippen MR) is 190 cm³/mol. The summed E-state index contributed by atoms with van der Waals surface area (Å²) in [5.41, 5.74) is 7.16. The maximum atomic E-state index is 13.7. The molecule has 51 heavy (non-hydrogen) atoms. The first-order valence-electron chi connectivity index (χ1n) is 17.3. The number of aliphatic hydroxyl groups excluding tert-OH is 1. The molecule has 2 aromatic carbocycles. The van der Waals surface area contributed by atoms with Crippen LogP contribution in [0, 0.1) is 0 Å². The van der Waals surface area contributed by atoms with Gasteiger partial charge in [-0.2, -0.15) is 0 Å². The number of carbonyl (C=O) groups is 5. The Morgan fingerprint density at radius 2 is 1.37 bits per heavy atom. The second-order valence-corrected chi connectivity index (χ2v) is 13.4. The molecule has 0 aliphatic carbocycles. The number of aliphatic hydroxyl groups is 1. The van der Waals surface area contributed by atoms with Crippen LogP contribution in [0.5, 0.6) is 11.5 Å². The first-order valence-corrected chi connectivity index (χ1v) is 17.8. The highest BCUT2D eigenvalue weighted by Gasteiger charge is 2.39. The van der Waals surface area contributed by atoms with E-state index in [1.54, 1.807) is 12.1 Å². The highest BCUT2D eigenvalue weighted by atomic mass is 35.5. The van der Waals surface area contributed by atoms with E-state index in [-0.39, 0.29) is 37.3 Å². The molecular weight excluding hydrogens is 682 g/mol. The van der Waals surface area contributed by atoms with Gasteiger partial charge < -0.3 is 47.0 Å². The number of hydrogen-bond donors (Lipinski definition) is 8. The van der Waals surface area contributed by atoms with E-state index in [4.69, 9.17) is 17.3 Å². The first-order chi connectivity index (χ1) is 24.3. The lowest BCUT2D eigenvalue weighted by Gasteiger charge is -2.29. The number of aliphatic carboxylic acids is 1. The molecule has 14 nitrogen and oxygen atoms in total. The lowest BCUT2D eigenvalue weighted by Crippen LogP contribution is -2.58. The molecule has 0 aromatic heterocycles. The van der Waals surface area contributed by atoms with Crippen molar-refractivity contribution >= 4 is 41.2 Å². The Morgan fingerprint density at radius 3 is 1.94 bits per heavy atom. The Morgan fingerprint density at radius 1 is 0.824 bits per heavy atom. The molecule has 4 amide bonds. The summed E-state index contributed by atoms with van der Waals surface area (Å²) in [5, 5.41) is 47.3. The zero-order valence-electron chi connectivity index (χ0n) is 28.8. The van der Waals surface area contributed by atoms with Gasteiger partial charge in [-0.3, -0.25) is 19.2 Å². The van der Waals surface area contributed by atoms with E-state index < -0.39 is 65.9 Å². The van der Waals surface area contributed by atoms with Crippen LogP contribution in [0.3, 0.4) is 0 Å². The number of carbonyl (C=O) groups excluding carboxylic acids is 4. The third-order valence-corrected chi connectivity index (χ3v) is 9.18. The van der Waals surface area contributed by atoms with Gasteiger partial charge in [-0.15, -0.1) is 11.6 Å². The zero-order valence-corrected chi connectivity index (χ0v) is 29.6. The first kappa shape index (κ1) is 41.0. The van der Waals surface area contributed by atoms with Crippen molar-refractivity contribution in [2.75, 3.05) is 12.4 Å². The summed E-state index contributed by atoms with van der Waals surface area (Å²) in [6, 6.07) is 6.32. The summed E-state index contributed by atoms with van der Waals surface area (Å²) in [6.45, 7) is 1.66. The van der Waals surface area contributed by atoms with E-state index >= 15 is 0 Å². The van der Waals surface area contributed by atoms with Crippen LogP contribution < -0.4 is 21.7 Å². The molecule has 6 atom stereocenters. The standard InChI is InChI=1S/C36H50ClN5O9/c1-22(39-34(48)31(45)27(38)8-5-3-2-4-6-18-37)35(49)42-19-7-9-30(42)33(47)40-28(20-23-10-14-25(43)15-11-23)32(46)41-29(36(50)51)21-24-12-16-26(44)17-13-24/h10-17,22,27-31,43-45H,2-9,18-21,38H2,1H3,(H,39,48)(H,40,47)(H,41,46)(H,50,51). The maximum absolute atomic E-state index is 13.7. The molecule has 1 aliphatic heterocycles. The van der Waals surface area contributed by atoms with Gasteiger partial charge in [0.25, 0.3) is 5.91 Å². The van der Waals surface area contributed by atoms with Gasteiger partial charge in [0.1, 0.15) is 41.8 Å². The number of phenols is 2. The quantitative estimate of drug-likeness (QED) is 0.0726. The molecule has 3 rings (SSSR count). The van der Waals surface area contributed by atoms with Crippen LogP contribution in [-0.2, 0) is 36.8 Å². The number of likely N-dealkylation sites (tertiary alicyclic amines) is 1. The van der Waals surface area contributed by atoms with Crippen LogP contribution in [0.15, 0.2) is 48.5 Å². The zero-order chi connectivity index (χ0) is 37.5. The molecule has 0 radical (unpaired) electrons. The fraction of sp³-hybridized carbons (Fsp3) is 0.528. The van der Waals surface area contributed by atoms with Gasteiger partial charge in [-0.05, 0) is 68.0 Å². The third kappa shape index (κ3) is 13.0. The van der Waals surface area contributed by atoms with Gasteiger partial charge in [0, 0.05) is 31.3 Å². The monoisotopic (exact) mass is 731 g/mol. The normalized spacial score (nSPS) is 17.1. The number of rotatable bonds is 20. The lowest BCUT2D eigenvalue weighted by atomic mass is 10.0. The van der Waals surface area contributed by atoms with Gasteiger partial charge in [0.2, 0.25) is 17.7 Å². The number of hydrogen-bond acceptors (Lipinski definition) is 9. The van der Waals surface area contributed by atoms with Crippen molar-refractivity contribution in [3.05, 3.63) is 59.7 Å². The van der Waals surface area contributed by atoms with E-state index in [1.165, 1.54) is 48.2 Å². The number of nitrogens with two attached hydrogens (primary N) is 1. The Balaban J connectivity index is 1.66. The largest absolute Gasteiger partial charge is 0.508 e. The molecule has 0 bridgehead atoms. The number of unbranched alkanes of at least 4 members (excludes halogenated alkanes) is 4. The Bertz CT molecular complexity index is 1460. The Labute approximate surface area is 302 Å².